The smallest absolute Gasteiger partial charge is 0.273 e. The molecule has 0 aliphatic carbocycles. The van der Waals surface area contributed by atoms with Gasteiger partial charge in [-0.2, -0.15) is 0 Å². The third-order valence-corrected chi connectivity index (χ3v) is 6.23. The molecule has 4 rings (SSSR count). The van der Waals surface area contributed by atoms with Crippen LogP contribution in [0.3, 0.4) is 0 Å². The number of carbonyl (C=O) groups excluding carboxylic acids is 1. The van der Waals surface area contributed by atoms with Crippen LogP contribution in [0.15, 0.2) is 35.7 Å². The number of anilines is 2. The number of hydrogen-bond acceptors (Lipinski definition) is 5. The molecule has 2 saturated heterocycles. The predicted octanol–water partition coefficient (Wildman–Crippen LogP) is 3.34. The molecule has 2 aromatic rings. The maximum atomic E-state index is 12.7. The van der Waals surface area contributed by atoms with Crippen LogP contribution in [0, 0.1) is 5.92 Å². The Balaban J connectivity index is 1.37. The largest absolute Gasteiger partial charge is 0.368 e. The predicted molar refractivity (Wildman–Crippen MR) is 107 cm³/mol. The Morgan fingerprint density at radius 2 is 1.81 bits per heavy atom. The summed E-state index contributed by atoms with van der Waals surface area (Å²) in [5.74, 6) is 0.693. The number of carbonyl (C=O) groups is 1. The molecule has 1 amide bonds. The maximum Gasteiger partial charge on any atom is 0.273 e. The fourth-order valence-electron chi connectivity index (χ4n) is 3.84. The number of benzene rings is 1. The number of aromatic nitrogens is 1. The highest BCUT2D eigenvalue weighted by atomic mass is 32.1. The van der Waals surface area contributed by atoms with Crippen LogP contribution in [-0.2, 0) is 0 Å². The van der Waals surface area contributed by atoms with Crippen LogP contribution in [0.5, 0.6) is 0 Å². The van der Waals surface area contributed by atoms with Crippen LogP contribution in [0.25, 0.3) is 0 Å². The number of nitrogens with zero attached hydrogens (tertiary/aromatic N) is 4. The summed E-state index contributed by atoms with van der Waals surface area (Å²) in [6.45, 7) is 7.80. The molecule has 2 aliphatic rings. The van der Waals surface area contributed by atoms with Gasteiger partial charge in [-0.05, 0) is 30.9 Å². The summed E-state index contributed by atoms with van der Waals surface area (Å²) in [6.07, 6.45) is 2.32. The second kappa shape index (κ2) is 7.66. The Morgan fingerprint density at radius 3 is 2.54 bits per heavy atom. The Kier molecular flexibility index (Phi) is 5.11. The summed E-state index contributed by atoms with van der Waals surface area (Å²) >= 11 is 1.60. The quantitative estimate of drug-likeness (QED) is 0.831. The van der Waals surface area contributed by atoms with Crippen molar-refractivity contribution in [3.05, 3.63) is 41.4 Å². The second-order valence-electron chi connectivity index (χ2n) is 7.32. The Hall–Kier alpha value is -2.08. The number of para-hydroxylation sites is 1. The van der Waals surface area contributed by atoms with Crippen LogP contribution < -0.4 is 9.80 Å². The van der Waals surface area contributed by atoms with Crippen molar-refractivity contribution in [2.45, 2.75) is 19.8 Å². The van der Waals surface area contributed by atoms with Crippen LogP contribution >= 0.6 is 11.3 Å². The van der Waals surface area contributed by atoms with E-state index in [1.165, 1.54) is 12.1 Å². The van der Waals surface area contributed by atoms with Crippen LogP contribution in [0.1, 0.15) is 30.3 Å². The molecule has 0 saturated carbocycles. The van der Waals surface area contributed by atoms with Gasteiger partial charge in [0.1, 0.15) is 5.69 Å². The molecule has 138 valence electrons. The van der Waals surface area contributed by atoms with Crippen LogP contribution in [0.4, 0.5) is 10.8 Å². The molecule has 3 heterocycles. The van der Waals surface area contributed by atoms with E-state index < -0.39 is 0 Å². The lowest BCUT2D eigenvalue weighted by molar-refractivity contribution is 0.0678. The van der Waals surface area contributed by atoms with E-state index in [2.05, 4.69) is 52.0 Å². The number of thiazole rings is 1. The lowest BCUT2D eigenvalue weighted by Crippen LogP contribution is -2.46. The highest BCUT2D eigenvalue weighted by Crippen LogP contribution is 2.25. The van der Waals surface area contributed by atoms with E-state index >= 15 is 0 Å². The molecule has 1 unspecified atom stereocenters. The van der Waals surface area contributed by atoms with E-state index in [-0.39, 0.29) is 5.91 Å². The number of rotatable bonds is 3. The zero-order valence-corrected chi connectivity index (χ0v) is 16.1. The third-order valence-electron chi connectivity index (χ3n) is 5.33. The molecule has 1 aromatic carbocycles. The summed E-state index contributed by atoms with van der Waals surface area (Å²) in [5.41, 5.74) is 1.89. The van der Waals surface area contributed by atoms with E-state index in [1.807, 2.05) is 10.3 Å². The first-order valence-corrected chi connectivity index (χ1v) is 10.4. The first kappa shape index (κ1) is 17.3. The number of piperazine rings is 1. The van der Waals surface area contributed by atoms with E-state index in [0.717, 1.165) is 50.8 Å². The summed E-state index contributed by atoms with van der Waals surface area (Å²) in [5, 5.41) is 2.91. The van der Waals surface area contributed by atoms with E-state index in [1.54, 1.807) is 11.3 Å². The van der Waals surface area contributed by atoms with Crippen molar-refractivity contribution in [3.8, 4) is 0 Å². The minimum atomic E-state index is 0.0990. The lowest BCUT2D eigenvalue weighted by Gasteiger charge is -2.36. The highest BCUT2D eigenvalue weighted by Gasteiger charge is 2.25. The lowest BCUT2D eigenvalue weighted by atomic mass is 10.0. The van der Waals surface area contributed by atoms with Crippen molar-refractivity contribution in [1.82, 2.24) is 9.88 Å². The first-order valence-electron chi connectivity index (χ1n) is 9.50. The van der Waals surface area contributed by atoms with Crippen molar-refractivity contribution in [2.24, 2.45) is 5.92 Å². The van der Waals surface area contributed by atoms with Crippen molar-refractivity contribution >= 4 is 28.1 Å². The van der Waals surface area contributed by atoms with Crippen molar-refractivity contribution in [3.63, 3.8) is 0 Å². The van der Waals surface area contributed by atoms with Gasteiger partial charge < -0.3 is 14.7 Å². The molecule has 2 fully saturated rings. The summed E-state index contributed by atoms with van der Waals surface area (Å²) < 4.78 is 0. The van der Waals surface area contributed by atoms with Gasteiger partial charge in [0.25, 0.3) is 5.91 Å². The first-order chi connectivity index (χ1) is 12.7. The molecule has 2 aliphatic heterocycles. The average molecular weight is 371 g/mol. The summed E-state index contributed by atoms with van der Waals surface area (Å²) in [7, 11) is 0. The monoisotopic (exact) mass is 370 g/mol. The van der Waals surface area contributed by atoms with Gasteiger partial charge in [-0.15, -0.1) is 11.3 Å². The van der Waals surface area contributed by atoms with Gasteiger partial charge >= 0.3 is 0 Å². The van der Waals surface area contributed by atoms with Gasteiger partial charge in [0, 0.05) is 50.3 Å². The Labute approximate surface area is 159 Å². The minimum Gasteiger partial charge on any atom is -0.368 e. The van der Waals surface area contributed by atoms with E-state index in [9.17, 15) is 4.79 Å². The number of hydrogen-bond donors (Lipinski definition) is 0. The van der Waals surface area contributed by atoms with E-state index in [4.69, 9.17) is 0 Å². The highest BCUT2D eigenvalue weighted by molar-refractivity contribution is 7.13. The molecule has 1 aromatic heterocycles. The maximum absolute atomic E-state index is 12.7. The molecule has 5 nitrogen and oxygen atoms in total. The molecule has 26 heavy (non-hydrogen) atoms. The molecule has 1 atom stereocenters. The molecule has 0 spiro atoms. The van der Waals surface area contributed by atoms with E-state index in [0.29, 0.717) is 11.6 Å². The zero-order valence-electron chi connectivity index (χ0n) is 15.3. The number of piperidine rings is 1. The fourth-order valence-corrected chi connectivity index (χ4v) is 4.69. The average Bonchev–Trinajstić information content (AvgIpc) is 3.18. The number of amides is 1. The summed E-state index contributed by atoms with van der Waals surface area (Å²) in [6, 6.07) is 10.5. The summed E-state index contributed by atoms with van der Waals surface area (Å²) in [4.78, 5) is 24.1. The SMILES string of the molecule is CC1CCCN(C(=O)c2csc(N3CCN(c4ccccc4)CC3)n2)C1. The topological polar surface area (TPSA) is 39.7 Å². The molecule has 0 radical (unpaired) electrons. The zero-order chi connectivity index (χ0) is 17.9. The normalized spacial score (nSPS) is 21.1. The second-order valence-corrected chi connectivity index (χ2v) is 8.16. The molecular formula is C20H26N4OS. The standard InChI is InChI=1S/C20H26N4OS/c1-16-6-5-9-24(14-16)19(25)18-15-26-20(21-18)23-12-10-22(11-13-23)17-7-3-2-4-8-17/h2-4,7-8,15-16H,5-6,9-14H2,1H3. The van der Waals surface area contributed by atoms with Crippen molar-refractivity contribution in [1.29, 1.82) is 0 Å². The van der Waals surface area contributed by atoms with Crippen LogP contribution in [-0.4, -0.2) is 55.1 Å². The van der Waals surface area contributed by atoms with Gasteiger partial charge in [0.2, 0.25) is 0 Å². The fraction of sp³-hybridized carbons (Fsp3) is 0.500. The minimum absolute atomic E-state index is 0.0990. The van der Waals surface area contributed by atoms with Gasteiger partial charge in [-0.1, -0.05) is 25.1 Å². The third kappa shape index (κ3) is 3.70. The van der Waals surface area contributed by atoms with Crippen LogP contribution in [0.2, 0.25) is 0 Å². The molecule has 6 heteroatoms. The molecule has 0 bridgehead atoms. The van der Waals surface area contributed by atoms with Gasteiger partial charge in [0.15, 0.2) is 5.13 Å². The Bertz CT molecular complexity index is 739. The molecular weight excluding hydrogens is 344 g/mol. The van der Waals surface area contributed by atoms with Crippen molar-refractivity contribution < 1.29 is 4.79 Å². The van der Waals surface area contributed by atoms with Gasteiger partial charge in [0.05, 0.1) is 0 Å². The molecule has 0 N–H and O–H groups in total. The van der Waals surface area contributed by atoms with Crippen molar-refractivity contribution in [2.75, 3.05) is 49.1 Å². The Morgan fingerprint density at radius 1 is 1.08 bits per heavy atom. The number of likely N-dealkylation sites (tertiary alicyclic amines) is 1. The van der Waals surface area contributed by atoms with Gasteiger partial charge in [-0.3, -0.25) is 4.79 Å². The van der Waals surface area contributed by atoms with Gasteiger partial charge in [-0.25, -0.2) is 4.98 Å².